The Kier molecular flexibility index (Phi) is 7.95. The van der Waals surface area contributed by atoms with Crippen molar-refractivity contribution in [3.05, 3.63) is 12.2 Å². The van der Waals surface area contributed by atoms with Crippen LogP contribution in [0.5, 0.6) is 0 Å². The Morgan fingerprint density at radius 1 is 1.24 bits per heavy atom. The molecule has 0 spiro atoms. The first kappa shape index (κ1) is 21.5. The maximum Gasteiger partial charge on any atom is 0.268 e. The minimum absolute atomic E-state index is 0.0976. The number of hydrogen-bond donors (Lipinski definition) is 1. The van der Waals surface area contributed by atoms with E-state index in [1.54, 1.807) is 20.8 Å². The van der Waals surface area contributed by atoms with E-state index in [-0.39, 0.29) is 43.8 Å². The van der Waals surface area contributed by atoms with Gasteiger partial charge >= 0.3 is 0 Å². The maximum atomic E-state index is 11.6. The van der Waals surface area contributed by atoms with E-state index in [0.717, 1.165) is 4.90 Å². The Morgan fingerprint density at radius 2 is 1.84 bits per heavy atom. The summed E-state index contributed by atoms with van der Waals surface area (Å²) in [7, 11) is -4.36. The van der Waals surface area contributed by atoms with E-state index >= 15 is 0 Å². The molecule has 142 valence electrons. The smallest absolute Gasteiger partial charge is 0.268 e. The lowest BCUT2D eigenvalue weighted by Gasteiger charge is -2.30. The fourth-order valence-corrected chi connectivity index (χ4v) is 3.05. The third kappa shape index (κ3) is 8.92. The molecule has 1 heterocycles. The number of imide groups is 1. The molecule has 25 heavy (non-hydrogen) atoms. The third-order valence-electron chi connectivity index (χ3n) is 2.96. The summed E-state index contributed by atoms with van der Waals surface area (Å²) in [6.45, 7) is 5.13. The van der Waals surface area contributed by atoms with Crippen LogP contribution in [0.15, 0.2) is 12.2 Å². The summed E-state index contributed by atoms with van der Waals surface area (Å²) in [6, 6.07) is 0. The molecule has 1 N–H and O–H groups in total. The van der Waals surface area contributed by atoms with Gasteiger partial charge < -0.3 is 19.3 Å². The molecule has 0 aromatic heterocycles. The number of phosphoric acid groups is 1. The molecule has 1 aliphatic rings. The molecule has 3 amide bonds. The van der Waals surface area contributed by atoms with Crippen LogP contribution in [-0.2, 0) is 28.0 Å². The lowest BCUT2D eigenvalue weighted by molar-refractivity contribution is -0.233. The number of carbonyl (C=O) groups is 3. The Labute approximate surface area is 147 Å². The highest BCUT2D eigenvalue weighted by Crippen LogP contribution is 2.42. The van der Waals surface area contributed by atoms with Gasteiger partial charge in [-0.1, -0.05) is 0 Å². The molecule has 0 aromatic carbocycles. The van der Waals surface area contributed by atoms with Crippen molar-refractivity contribution >= 4 is 25.5 Å². The van der Waals surface area contributed by atoms with E-state index in [9.17, 15) is 23.8 Å². The predicted octanol–water partition coefficient (Wildman–Crippen LogP) is 0.498. The highest BCUT2D eigenvalue weighted by atomic mass is 31.2. The Morgan fingerprint density at radius 3 is 2.40 bits per heavy atom. The van der Waals surface area contributed by atoms with Gasteiger partial charge in [0.25, 0.3) is 19.6 Å². The van der Waals surface area contributed by atoms with Crippen LogP contribution in [0.1, 0.15) is 40.0 Å². The van der Waals surface area contributed by atoms with Crippen molar-refractivity contribution in [3.8, 4) is 0 Å². The number of carbonyl (C=O) groups excluding carboxylic acids is 3. The summed E-state index contributed by atoms with van der Waals surface area (Å²) in [5.74, 6) is -0.993. The van der Waals surface area contributed by atoms with Crippen molar-refractivity contribution < 1.29 is 32.9 Å². The summed E-state index contributed by atoms with van der Waals surface area (Å²) in [5.41, 5.74) is -0.862. The van der Waals surface area contributed by atoms with Gasteiger partial charge in [-0.05, 0) is 33.6 Å². The third-order valence-corrected chi connectivity index (χ3v) is 4.23. The van der Waals surface area contributed by atoms with Crippen molar-refractivity contribution in [2.75, 3.05) is 19.7 Å². The van der Waals surface area contributed by atoms with E-state index < -0.39 is 13.4 Å². The second kappa shape index (κ2) is 9.24. The van der Waals surface area contributed by atoms with Crippen LogP contribution in [0.3, 0.4) is 0 Å². The average Bonchev–Trinajstić information content (AvgIpc) is 2.76. The lowest BCUT2D eigenvalue weighted by atomic mass is 10.2. The SMILES string of the molecule is CC(C)(C)OP(=O)([O-])OCCCNC(=O)CCCN1C(=O)C=CC1=O. The van der Waals surface area contributed by atoms with Crippen molar-refractivity contribution in [2.24, 2.45) is 0 Å². The molecule has 0 saturated carbocycles. The zero-order valence-electron chi connectivity index (χ0n) is 14.6. The van der Waals surface area contributed by atoms with Crippen molar-refractivity contribution in [3.63, 3.8) is 0 Å². The van der Waals surface area contributed by atoms with Crippen molar-refractivity contribution in [1.29, 1.82) is 0 Å². The Balaban J connectivity index is 2.10. The van der Waals surface area contributed by atoms with Gasteiger partial charge in [-0.3, -0.25) is 23.8 Å². The number of amides is 3. The molecule has 0 radical (unpaired) electrons. The molecule has 0 saturated heterocycles. The highest BCUT2D eigenvalue weighted by Gasteiger charge is 2.22. The fourth-order valence-electron chi connectivity index (χ4n) is 1.98. The second-order valence-electron chi connectivity index (χ2n) is 6.45. The number of phosphoric ester groups is 1. The van der Waals surface area contributed by atoms with Crippen LogP contribution in [0.4, 0.5) is 0 Å². The molecule has 1 atom stereocenters. The molecule has 10 heteroatoms. The monoisotopic (exact) mass is 375 g/mol. The first-order chi connectivity index (χ1) is 11.5. The van der Waals surface area contributed by atoms with Gasteiger partial charge in [-0.15, -0.1) is 0 Å². The topological polar surface area (TPSA) is 125 Å². The Bertz CT molecular complexity index is 565. The normalized spacial score (nSPS) is 17.0. The molecule has 1 unspecified atom stereocenters. The molecule has 1 rings (SSSR count). The van der Waals surface area contributed by atoms with Gasteiger partial charge in [-0.2, -0.15) is 0 Å². The van der Waals surface area contributed by atoms with Crippen LogP contribution in [-0.4, -0.2) is 47.9 Å². The summed E-state index contributed by atoms with van der Waals surface area (Å²) in [5, 5.41) is 2.61. The maximum absolute atomic E-state index is 11.6. The summed E-state index contributed by atoms with van der Waals surface area (Å²) < 4.78 is 21.0. The highest BCUT2D eigenvalue weighted by molar-refractivity contribution is 7.45. The van der Waals surface area contributed by atoms with Gasteiger partial charge in [-0.25, -0.2) is 0 Å². The van der Waals surface area contributed by atoms with Crippen LogP contribution in [0.25, 0.3) is 0 Å². The van der Waals surface area contributed by atoms with E-state index in [0.29, 0.717) is 12.8 Å². The van der Waals surface area contributed by atoms with Crippen LogP contribution in [0, 0.1) is 0 Å². The van der Waals surface area contributed by atoms with Crippen molar-refractivity contribution in [2.45, 2.75) is 45.6 Å². The van der Waals surface area contributed by atoms with Crippen molar-refractivity contribution in [1.82, 2.24) is 10.2 Å². The standard InChI is InChI=1S/C15H25N2O7P/c1-15(2,3)24-25(21,22)23-11-5-9-16-12(18)6-4-10-17-13(19)7-8-14(17)20/h7-8H,4-6,9-11H2,1-3H3,(H,16,18)(H,21,22)/p-1. The van der Waals surface area contributed by atoms with E-state index in [4.69, 9.17) is 9.05 Å². The quantitative estimate of drug-likeness (QED) is 0.335. The van der Waals surface area contributed by atoms with E-state index in [1.165, 1.54) is 12.2 Å². The predicted molar refractivity (Wildman–Crippen MR) is 87.1 cm³/mol. The minimum atomic E-state index is -4.36. The zero-order valence-corrected chi connectivity index (χ0v) is 15.5. The molecule has 0 aromatic rings. The number of hydrogen-bond acceptors (Lipinski definition) is 7. The fraction of sp³-hybridized carbons (Fsp3) is 0.667. The van der Waals surface area contributed by atoms with Gasteiger partial charge in [0.1, 0.15) is 0 Å². The van der Waals surface area contributed by atoms with Crippen LogP contribution < -0.4 is 10.2 Å². The molecular formula is C15H24N2O7P-. The first-order valence-electron chi connectivity index (χ1n) is 7.97. The van der Waals surface area contributed by atoms with Gasteiger partial charge in [0.15, 0.2) is 0 Å². The Hall–Kier alpha value is -1.54. The van der Waals surface area contributed by atoms with Gasteiger partial charge in [0.2, 0.25) is 5.91 Å². The number of rotatable bonds is 10. The number of nitrogens with zero attached hydrogens (tertiary/aromatic N) is 1. The number of nitrogens with one attached hydrogen (secondary N) is 1. The van der Waals surface area contributed by atoms with Crippen LogP contribution >= 0.6 is 7.82 Å². The van der Waals surface area contributed by atoms with Gasteiger partial charge in [0.05, 0.1) is 12.2 Å². The molecule has 0 aliphatic carbocycles. The molecule has 0 fully saturated rings. The van der Waals surface area contributed by atoms with Crippen LogP contribution in [0.2, 0.25) is 0 Å². The minimum Gasteiger partial charge on any atom is -0.756 e. The lowest BCUT2D eigenvalue weighted by Crippen LogP contribution is -2.32. The largest absolute Gasteiger partial charge is 0.756 e. The van der Waals surface area contributed by atoms with E-state index in [1.807, 2.05) is 0 Å². The first-order valence-corrected chi connectivity index (χ1v) is 9.43. The molecule has 9 nitrogen and oxygen atoms in total. The molecule has 1 aliphatic heterocycles. The second-order valence-corrected chi connectivity index (χ2v) is 7.79. The summed E-state index contributed by atoms with van der Waals surface area (Å²) >= 11 is 0. The molecular weight excluding hydrogens is 351 g/mol. The summed E-state index contributed by atoms with van der Waals surface area (Å²) in [4.78, 5) is 46.8. The molecule has 0 bridgehead atoms. The van der Waals surface area contributed by atoms with E-state index in [2.05, 4.69) is 5.32 Å². The zero-order chi connectivity index (χ0) is 19.1. The van der Waals surface area contributed by atoms with Gasteiger partial charge in [0, 0.05) is 31.7 Å². The average molecular weight is 375 g/mol. The summed E-state index contributed by atoms with van der Waals surface area (Å²) in [6.07, 6.45) is 3.21.